The van der Waals surface area contributed by atoms with Gasteiger partial charge in [-0.25, -0.2) is 9.78 Å². The number of hydrogen-bond acceptors (Lipinski definition) is 6. The van der Waals surface area contributed by atoms with Crippen LogP contribution in [-0.4, -0.2) is 29.8 Å². The molecule has 26 heavy (non-hydrogen) atoms. The molecular weight excluding hydrogens is 360 g/mol. The second kappa shape index (κ2) is 7.88. The van der Waals surface area contributed by atoms with E-state index < -0.39 is 18.0 Å². The van der Waals surface area contributed by atoms with Crippen molar-refractivity contribution in [2.75, 3.05) is 12.1 Å². The van der Waals surface area contributed by atoms with Crippen molar-refractivity contribution in [2.45, 2.75) is 13.0 Å². The maximum atomic E-state index is 12.0. The third-order valence-electron chi connectivity index (χ3n) is 3.45. The molecule has 1 atom stereocenters. The first-order valence-corrected chi connectivity index (χ1v) is 8.10. The molecule has 0 fully saturated rings. The van der Waals surface area contributed by atoms with Crippen LogP contribution in [0, 0.1) is 0 Å². The number of aromatic nitrogens is 1. The molecule has 1 aromatic carbocycles. The minimum Gasteiger partial charge on any atom is -0.454 e. The Kier molecular flexibility index (Phi) is 5.38. The first kappa shape index (κ1) is 17.8. The second-order valence-electron chi connectivity index (χ2n) is 5.38. The number of fused-ring (bicyclic) bond motifs is 1. The topological polar surface area (TPSA) is 86.8 Å². The van der Waals surface area contributed by atoms with Gasteiger partial charge in [-0.3, -0.25) is 4.79 Å². The molecule has 1 aliphatic heterocycles. The summed E-state index contributed by atoms with van der Waals surface area (Å²) in [5.41, 5.74) is 0.744. The normalized spacial score (nSPS) is 13.5. The summed E-state index contributed by atoms with van der Waals surface area (Å²) in [5, 5.41) is 2.99. The summed E-state index contributed by atoms with van der Waals surface area (Å²) in [6.45, 7) is 1.65. The van der Waals surface area contributed by atoms with Crippen LogP contribution >= 0.6 is 11.6 Å². The predicted octanol–water partition coefficient (Wildman–Crippen LogP) is 3.05. The van der Waals surface area contributed by atoms with Crippen LogP contribution in [0.4, 0.5) is 5.82 Å². The SMILES string of the molecule is CC(OC(=O)/C=C/c1ccc2c(c1)OCO2)C(=O)Nc1ccc(Cl)cn1. The zero-order chi connectivity index (χ0) is 18.5. The summed E-state index contributed by atoms with van der Waals surface area (Å²) in [6.07, 6.45) is 3.22. The number of halogens is 1. The summed E-state index contributed by atoms with van der Waals surface area (Å²) >= 11 is 5.73. The van der Waals surface area contributed by atoms with Gasteiger partial charge in [-0.1, -0.05) is 17.7 Å². The van der Waals surface area contributed by atoms with Crippen LogP contribution in [0.15, 0.2) is 42.6 Å². The van der Waals surface area contributed by atoms with Crippen LogP contribution in [-0.2, 0) is 14.3 Å². The summed E-state index contributed by atoms with van der Waals surface area (Å²) in [7, 11) is 0. The largest absolute Gasteiger partial charge is 0.454 e. The average Bonchev–Trinajstić information content (AvgIpc) is 3.09. The number of benzene rings is 1. The quantitative estimate of drug-likeness (QED) is 0.639. The molecule has 1 N–H and O–H groups in total. The fourth-order valence-corrected chi connectivity index (χ4v) is 2.24. The van der Waals surface area contributed by atoms with Gasteiger partial charge in [0, 0.05) is 12.3 Å². The van der Waals surface area contributed by atoms with Gasteiger partial charge >= 0.3 is 5.97 Å². The minimum absolute atomic E-state index is 0.180. The van der Waals surface area contributed by atoms with Crippen molar-refractivity contribution in [3.63, 3.8) is 0 Å². The third kappa shape index (κ3) is 4.52. The Labute approximate surface area is 154 Å². The van der Waals surface area contributed by atoms with Crippen molar-refractivity contribution in [1.82, 2.24) is 4.98 Å². The Morgan fingerprint density at radius 2 is 2.08 bits per heavy atom. The van der Waals surface area contributed by atoms with E-state index in [0.29, 0.717) is 22.3 Å². The number of hydrogen-bond donors (Lipinski definition) is 1. The van der Waals surface area contributed by atoms with Crippen LogP contribution in [0.2, 0.25) is 5.02 Å². The molecule has 0 aliphatic carbocycles. The lowest BCUT2D eigenvalue weighted by atomic mass is 10.2. The monoisotopic (exact) mass is 374 g/mol. The molecule has 0 radical (unpaired) electrons. The molecule has 7 nitrogen and oxygen atoms in total. The van der Waals surface area contributed by atoms with Crippen molar-refractivity contribution in [2.24, 2.45) is 0 Å². The van der Waals surface area contributed by atoms with E-state index in [1.54, 1.807) is 36.4 Å². The van der Waals surface area contributed by atoms with E-state index in [2.05, 4.69) is 10.3 Å². The van der Waals surface area contributed by atoms with Gasteiger partial charge in [-0.05, 0) is 42.8 Å². The van der Waals surface area contributed by atoms with E-state index in [-0.39, 0.29) is 6.79 Å². The molecule has 1 amide bonds. The number of ether oxygens (including phenoxy) is 3. The van der Waals surface area contributed by atoms with Gasteiger partial charge in [0.25, 0.3) is 5.91 Å². The molecule has 1 aliphatic rings. The fraction of sp³-hybridized carbons (Fsp3) is 0.167. The number of rotatable bonds is 5. The van der Waals surface area contributed by atoms with E-state index in [0.717, 1.165) is 5.56 Å². The standard InChI is InChI=1S/C18H15ClN2O5/c1-11(18(23)21-16-6-4-13(19)9-20-16)26-17(22)7-3-12-2-5-14-15(8-12)25-10-24-14/h2-9,11H,10H2,1H3,(H,20,21,23)/b7-3+. The number of nitrogens with one attached hydrogen (secondary N) is 1. The Morgan fingerprint density at radius 3 is 2.85 bits per heavy atom. The molecule has 0 spiro atoms. The smallest absolute Gasteiger partial charge is 0.331 e. The average molecular weight is 375 g/mol. The van der Waals surface area contributed by atoms with Crippen LogP contribution in [0.5, 0.6) is 11.5 Å². The van der Waals surface area contributed by atoms with Gasteiger partial charge in [0.2, 0.25) is 6.79 Å². The molecule has 134 valence electrons. The number of amides is 1. The molecule has 3 rings (SSSR count). The van der Waals surface area contributed by atoms with Crippen LogP contribution in [0.1, 0.15) is 12.5 Å². The molecule has 0 saturated carbocycles. The van der Waals surface area contributed by atoms with Crippen molar-refractivity contribution in [3.8, 4) is 11.5 Å². The third-order valence-corrected chi connectivity index (χ3v) is 3.67. The molecular formula is C18H15ClN2O5. The molecule has 0 saturated heterocycles. The van der Waals surface area contributed by atoms with E-state index >= 15 is 0 Å². The van der Waals surface area contributed by atoms with Crippen molar-refractivity contribution < 1.29 is 23.8 Å². The highest BCUT2D eigenvalue weighted by atomic mass is 35.5. The van der Waals surface area contributed by atoms with E-state index in [4.69, 9.17) is 25.8 Å². The van der Waals surface area contributed by atoms with Gasteiger partial charge < -0.3 is 19.5 Å². The zero-order valence-electron chi connectivity index (χ0n) is 13.8. The number of pyridine rings is 1. The van der Waals surface area contributed by atoms with Gasteiger partial charge in [-0.2, -0.15) is 0 Å². The molecule has 8 heteroatoms. The number of esters is 1. The highest BCUT2D eigenvalue weighted by molar-refractivity contribution is 6.30. The van der Waals surface area contributed by atoms with E-state index in [9.17, 15) is 9.59 Å². The number of carbonyl (C=O) groups is 2. The lowest BCUT2D eigenvalue weighted by molar-refractivity contribution is -0.148. The molecule has 2 aromatic rings. The Balaban J connectivity index is 1.53. The molecule has 1 unspecified atom stereocenters. The van der Waals surface area contributed by atoms with Crippen molar-refractivity contribution in [1.29, 1.82) is 0 Å². The highest BCUT2D eigenvalue weighted by Gasteiger charge is 2.17. The van der Waals surface area contributed by atoms with Crippen molar-refractivity contribution >= 4 is 35.4 Å². The van der Waals surface area contributed by atoms with Gasteiger partial charge in [0.05, 0.1) is 5.02 Å². The summed E-state index contributed by atoms with van der Waals surface area (Å²) < 4.78 is 15.6. The first-order chi connectivity index (χ1) is 12.5. The van der Waals surface area contributed by atoms with Crippen LogP contribution < -0.4 is 14.8 Å². The fourth-order valence-electron chi connectivity index (χ4n) is 2.13. The van der Waals surface area contributed by atoms with Crippen LogP contribution in [0.25, 0.3) is 6.08 Å². The summed E-state index contributed by atoms with van der Waals surface area (Å²) in [4.78, 5) is 27.8. The number of nitrogens with zero attached hydrogens (tertiary/aromatic N) is 1. The lowest BCUT2D eigenvalue weighted by Crippen LogP contribution is -2.29. The molecule has 0 bridgehead atoms. The summed E-state index contributed by atoms with van der Waals surface area (Å²) in [5.74, 6) is 0.451. The predicted molar refractivity (Wildman–Crippen MR) is 95.0 cm³/mol. The van der Waals surface area contributed by atoms with Gasteiger partial charge in [-0.15, -0.1) is 0 Å². The Morgan fingerprint density at radius 1 is 1.27 bits per heavy atom. The molecule has 2 heterocycles. The maximum absolute atomic E-state index is 12.0. The number of carbonyl (C=O) groups excluding carboxylic acids is 2. The Bertz CT molecular complexity index is 851. The first-order valence-electron chi connectivity index (χ1n) is 7.72. The molecule has 1 aromatic heterocycles. The lowest BCUT2D eigenvalue weighted by Gasteiger charge is -2.11. The maximum Gasteiger partial charge on any atom is 0.331 e. The highest BCUT2D eigenvalue weighted by Crippen LogP contribution is 2.32. The second-order valence-corrected chi connectivity index (χ2v) is 5.81. The zero-order valence-corrected chi connectivity index (χ0v) is 14.5. The van der Waals surface area contributed by atoms with E-state index in [1.165, 1.54) is 19.2 Å². The van der Waals surface area contributed by atoms with Gasteiger partial charge in [0.1, 0.15) is 5.82 Å². The summed E-state index contributed by atoms with van der Waals surface area (Å²) in [6, 6.07) is 8.42. The van der Waals surface area contributed by atoms with Crippen LogP contribution in [0.3, 0.4) is 0 Å². The minimum atomic E-state index is -0.985. The van der Waals surface area contributed by atoms with Crippen molar-refractivity contribution in [3.05, 3.63) is 53.2 Å². The van der Waals surface area contributed by atoms with Gasteiger partial charge in [0.15, 0.2) is 17.6 Å². The Hall–Kier alpha value is -3.06. The number of anilines is 1. The van der Waals surface area contributed by atoms with E-state index in [1.807, 2.05) is 0 Å².